The second kappa shape index (κ2) is 8.83. The van der Waals surface area contributed by atoms with Crippen LogP contribution in [0.1, 0.15) is 27.7 Å². The predicted molar refractivity (Wildman–Crippen MR) is 90.6 cm³/mol. The lowest BCUT2D eigenvalue weighted by atomic mass is 10.0. The summed E-state index contributed by atoms with van der Waals surface area (Å²) in [4.78, 5) is 36.0. The Bertz CT molecular complexity index is 686. The highest BCUT2D eigenvalue weighted by Gasteiger charge is 2.19. The largest absolute Gasteiger partial charge is 0.469 e. The van der Waals surface area contributed by atoms with Gasteiger partial charge in [0.05, 0.1) is 31.0 Å². The first-order valence-electron chi connectivity index (χ1n) is 7.33. The van der Waals surface area contributed by atoms with E-state index in [9.17, 15) is 14.4 Å². The first kappa shape index (κ1) is 17.7. The first-order valence-corrected chi connectivity index (χ1v) is 8.21. The molecular formula is C17H18N2O4S. The number of esters is 1. The third-order valence-electron chi connectivity index (χ3n) is 3.29. The van der Waals surface area contributed by atoms with Crippen LogP contribution in [0.5, 0.6) is 0 Å². The van der Waals surface area contributed by atoms with Crippen LogP contribution in [0.25, 0.3) is 0 Å². The van der Waals surface area contributed by atoms with Gasteiger partial charge >= 0.3 is 5.97 Å². The highest BCUT2D eigenvalue weighted by atomic mass is 32.1. The second-order valence-corrected chi connectivity index (χ2v) is 5.92. The SMILES string of the molecule is COC(=O)CC(NC(=O)CNC(=O)c1cccs1)c1ccccc1. The van der Waals surface area contributed by atoms with E-state index in [1.54, 1.807) is 17.5 Å². The summed E-state index contributed by atoms with van der Waals surface area (Å²) in [6.45, 7) is -0.165. The summed E-state index contributed by atoms with van der Waals surface area (Å²) >= 11 is 1.30. The number of methoxy groups -OCH3 is 1. The van der Waals surface area contributed by atoms with E-state index in [1.165, 1.54) is 18.4 Å². The first-order chi connectivity index (χ1) is 11.6. The molecule has 126 valence electrons. The lowest BCUT2D eigenvalue weighted by molar-refractivity contribution is -0.141. The number of rotatable bonds is 7. The van der Waals surface area contributed by atoms with Crippen LogP contribution in [0.3, 0.4) is 0 Å². The molecule has 0 aliphatic heterocycles. The molecule has 1 aromatic heterocycles. The van der Waals surface area contributed by atoms with Gasteiger partial charge in [-0.25, -0.2) is 0 Å². The van der Waals surface area contributed by atoms with Crippen LogP contribution in [0, 0.1) is 0 Å². The smallest absolute Gasteiger partial charge is 0.307 e. The third kappa shape index (κ3) is 5.20. The van der Waals surface area contributed by atoms with E-state index in [0.717, 1.165) is 5.56 Å². The maximum atomic E-state index is 12.1. The number of carbonyl (C=O) groups is 3. The van der Waals surface area contributed by atoms with Gasteiger partial charge in [0, 0.05) is 0 Å². The molecule has 0 radical (unpaired) electrons. The van der Waals surface area contributed by atoms with Gasteiger partial charge in [-0.05, 0) is 17.0 Å². The fourth-order valence-corrected chi connectivity index (χ4v) is 2.73. The van der Waals surface area contributed by atoms with Gasteiger partial charge in [-0.3, -0.25) is 14.4 Å². The average Bonchev–Trinajstić information content (AvgIpc) is 3.14. The Labute approximate surface area is 143 Å². The van der Waals surface area contributed by atoms with Crippen LogP contribution in [-0.2, 0) is 14.3 Å². The van der Waals surface area contributed by atoms with Crippen LogP contribution in [0.4, 0.5) is 0 Å². The number of hydrogen-bond donors (Lipinski definition) is 2. The molecule has 1 unspecified atom stereocenters. The van der Waals surface area contributed by atoms with Gasteiger partial charge in [0.1, 0.15) is 0 Å². The van der Waals surface area contributed by atoms with Crippen LogP contribution in [0.15, 0.2) is 47.8 Å². The molecule has 1 aromatic carbocycles. The van der Waals surface area contributed by atoms with E-state index >= 15 is 0 Å². The number of carbonyl (C=O) groups excluding carboxylic acids is 3. The molecule has 1 atom stereocenters. The summed E-state index contributed by atoms with van der Waals surface area (Å²) in [5.41, 5.74) is 0.792. The zero-order chi connectivity index (χ0) is 17.4. The van der Waals surface area contributed by atoms with Crippen molar-refractivity contribution in [2.75, 3.05) is 13.7 Å². The molecule has 0 aliphatic carbocycles. The normalized spacial score (nSPS) is 11.4. The molecule has 0 saturated heterocycles. The molecule has 6 nitrogen and oxygen atoms in total. The Balaban J connectivity index is 1.94. The summed E-state index contributed by atoms with van der Waals surface area (Å²) in [5, 5.41) is 7.09. The molecule has 1 heterocycles. The number of amides is 2. The Hall–Kier alpha value is -2.67. The van der Waals surface area contributed by atoms with Crippen molar-refractivity contribution in [3.8, 4) is 0 Å². The van der Waals surface area contributed by atoms with Crippen molar-refractivity contribution in [3.63, 3.8) is 0 Å². The fraction of sp³-hybridized carbons (Fsp3) is 0.235. The van der Waals surface area contributed by atoms with Crippen molar-refractivity contribution >= 4 is 29.1 Å². The Morgan fingerprint density at radius 3 is 2.50 bits per heavy atom. The number of hydrogen-bond acceptors (Lipinski definition) is 5. The number of ether oxygens (including phenoxy) is 1. The standard InChI is InChI=1S/C17H18N2O4S/c1-23-16(21)10-13(12-6-3-2-4-7-12)19-15(20)11-18-17(22)14-8-5-9-24-14/h2-9,13H,10-11H2,1H3,(H,18,22)(H,19,20). The molecule has 2 rings (SSSR count). The van der Waals surface area contributed by atoms with Gasteiger partial charge in [0.15, 0.2) is 0 Å². The van der Waals surface area contributed by atoms with Gasteiger partial charge in [-0.15, -0.1) is 11.3 Å². The van der Waals surface area contributed by atoms with Gasteiger partial charge in [-0.2, -0.15) is 0 Å². The molecule has 7 heteroatoms. The minimum absolute atomic E-state index is 0.0190. The molecule has 2 aromatic rings. The van der Waals surface area contributed by atoms with Crippen LogP contribution in [0.2, 0.25) is 0 Å². The maximum absolute atomic E-state index is 12.1. The van der Waals surface area contributed by atoms with Crippen LogP contribution in [-0.4, -0.2) is 31.4 Å². The van der Waals surface area contributed by atoms with E-state index in [2.05, 4.69) is 15.4 Å². The summed E-state index contributed by atoms with van der Waals surface area (Å²) in [6, 6.07) is 12.1. The summed E-state index contributed by atoms with van der Waals surface area (Å²) in [7, 11) is 1.30. The van der Waals surface area contributed by atoms with Gasteiger partial charge in [-0.1, -0.05) is 36.4 Å². The highest BCUT2D eigenvalue weighted by Crippen LogP contribution is 2.17. The van der Waals surface area contributed by atoms with Gasteiger partial charge in [0.25, 0.3) is 5.91 Å². The molecule has 24 heavy (non-hydrogen) atoms. The zero-order valence-electron chi connectivity index (χ0n) is 13.2. The molecule has 0 saturated carbocycles. The fourth-order valence-electron chi connectivity index (χ4n) is 2.09. The van der Waals surface area contributed by atoms with Crippen molar-refractivity contribution in [3.05, 3.63) is 58.3 Å². The van der Waals surface area contributed by atoms with Crippen LogP contribution >= 0.6 is 11.3 Å². The van der Waals surface area contributed by atoms with E-state index in [0.29, 0.717) is 4.88 Å². The number of thiophene rings is 1. The quantitative estimate of drug-likeness (QED) is 0.750. The maximum Gasteiger partial charge on any atom is 0.307 e. The Morgan fingerprint density at radius 2 is 1.88 bits per heavy atom. The van der Waals surface area contributed by atoms with Gasteiger partial charge in [0.2, 0.25) is 5.91 Å². The minimum Gasteiger partial charge on any atom is -0.469 e. The molecule has 0 bridgehead atoms. The molecule has 2 amide bonds. The topological polar surface area (TPSA) is 84.5 Å². The molecular weight excluding hydrogens is 328 g/mol. The number of benzene rings is 1. The van der Waals surface area contributed by atoms with Crippen molar-refractivity contribution in [2.45, 2.75) is 12.5 Å². The summed E-state index contributed by atoms with van der Waals surface area (Å²) < 4.78 is 4.67. The average molecular weight is 346 g/mol. The molecule has 0 fully saturated rings. The third-order valence-corrected chi connectivity index (χ3v) is 4.16. The monoisotopic (exact) mass is 346 g/mol. The van der Waals surface area contributed by atoms with E-state index < -0.39 is 12.0 Å². The zero-order valence-corrected chi connectivity index (χ0v) is 14.0. The lowest BCUT2D eigenvalue weighted by Gasteiger charge is -2.18. The van der Waals surface area contributed by atoms with Crippen molar-refractivity contribution in [1.29, 1.82) is 0 Å². The summed E-state index contributed by atoms with van der Waals surface area (Å²) in [6.07, 6.45) is 0.0190. The Kier molecular flexibility index (Phi) is 6.51. The summed E-state index contributed by atoms with van der Waals surface area (Å²) in [5.74, 6) is -1.10. The van der Waals surface area contributed by atoms with E-state index in [4.69, 9.17) is 0 Å². The van der Waals surface area contributed by atoms with Crippen molar-refractivity contribution < 1.29 is 19.1 Å². The second-order valence-electron chi connectivity index (χ2n) is 4.97. The highest BCUT2D eigenvalue weighted by molar-refractivity contribution is 7.12. The van der Waals surface area contributed by atoms with E-state index in [-0.39, 0.29) is 24.8 Å². The van der Waals surface area contributed by atoms with Crippen LogP contribution < -0.4 is 10.6 Å². The molecule has 0 spiro atoms. The molecule has 0 aliphatic rings. The van der Waals surface area contributed by atoms with Gasteiger partial charge < -0.3 is 15.4 Å². The van der Waals surface area contributed by atoms with Crippen molar-refractivity contribution in [1.82, 2.24) is 10.6 Å². The predicted octanol–water partition coefficient (Wildman–Crippen LogP) is 1.90. The number of nitrogens with one attached hydrogen (secondary N) is 2. The minimum atomic E-state index is -0.509. The van der Waals surface area contributed by atoms with Crippen molar-refractivity contribution in [2.24, 2.45) is 0 Å². The Morgan fingerprint density at radius 1 is 1.12 bits per heavy atom. The van der Waals surface area contributed by atoms with E-state index in [1.807, 2.05) is 30.3 Å². The molecule has 2 N–H and O–H groups in total. The lowest BCUT2D eigenvalue weighted by Crippen LogP contribution is -2.39.